The molecule has 0 aliphatic carbocycles. The van der Waals surface area contributed by atoms with E-state index in [0.717, 1.165) is 38.6 Å². The second-order valence-corrected chi connectivity index (χ2v) is 3.86. The quantitative estimate of drug-likeness (QED) is 0.809. The number of nitrogens with one attached hydrogen (secondary N) is 1. The van der Waals surface area contributed by atoms with Crippen LogP contribution < -0.4 is 5.32 Å². The van der Waals surface area contributed by atoms with Crippen molar-refractivity contribution in [2.75, 3.05) is 38.1 Å². The zero-order valence-corrected chi connectivity index (χ0v) is 9.59. The van der Waals surface area contributed by atoms with Crippen LogP contribution in [0, 0.1) is 0 Å². The Morgan fingerprint density at radius 2 is 2.56 bits per heavy atom. The Morgan fingerprint density at radius 3 is 3.31 bits per heavy atom. The highest BCUT2D eigenvalue weighted by Crippen LogP contribution is 2.06. The molecule has 1 aliphatic rings. The van der Waals surface area contributed by atoms with E-state index in [2.05, 4.69) is 27.1 Å². The van der Waals surface area contributed by atoms with Crippen LogP contribution in [0.2, 0.25) is 0 Å². The molecule has 1 aromatic rings. The molecule has 16 heavy (non-hydrogen) atoms. The zero-order valence-electron chi connectivity index (χ0n) is 9.59. The van der Waals surface area contributed by atoms with E-state index in [1.54, 1.807) is 12.5 Å². The molecule has 5 nitrogen and oxygen atoms in total. The van der Waals surface area contributed by atoms with Gasteiger partial charge < -0.3 is 10.1 Å². The van der Waals surface area contributed by atoms with Gasteiger partial charge in [0, 0.05) is 25.8 Å². The smallest absolute Gasteiger partial charge is 0.129 e. The molecular weight excluding hydrogens is 204 g/mol. The van der Waals surface area contributed by atoms with E-state index < -0.39 is 0 Å². The minimum absolute atomic E-state index is 0.253. The highest BCUT2D eigenvalue weighted by molar-refractivity contribution is 5.31. The van der Waals surface area contributed by atoms with Gasteiger partial charge in [-0.15, -0.1) is 0 Å². The van der Waals surface area contributed by atoms with Crippen LogP contribution >= 0.6 is 0 Å². The van der Waals surface area contributed by atoms with Crippen molar-refractivity contribution in [1.29, 1.82) is 0 Å². The van der Waals surface area contributed by atoms with Crippen molar-refractivity contribution in [3.8, 4) is 0 Å². The Balaban J connectivity index is 1.77. The molecule has 0 amide bonds. The summed E-state index contributed by atoms with van der Waals surface area (Å²) >= 11 is 0. The van der Waals surface area contributed by atoms with Gasteiger partial charge in [-0.3, -0.25) is 4.90 Å². The highest BCUT2D eigenvalue weighted by atomic mass is 16.5. The van der Waals surface area contributed by atoms with Crippen LogP contribution in [0.5, 0.6) is 0 Å². The minimum atomic E-state index is 0.253. The lowest BCUT2D eigenvalue weighted by molar-refractivity contribution is -0.0192. The third-order valence-electron chi connectivity index (χ3n) is 2.76. The maximum Gasteiger partial charge on any atom is 0.129 e. The molecule has 2 rings (SSSR count). The van der Waals surface area contributed by atoms with Gasteiger partial charge >= 0.3 is 0 Å². The summed E-state index contributed by atoms with van der Waals surface area (Å²) in [5, 5.41) is 3.26. The lowest BCUT2D eigenvalue weighted by Gasteiger charge is -2.32. The predicted octanol–water partition coefficient (Wildman–Crippen LogP) is 0.609. The number of ether oxygens (including phenoxy) is 1. The van der Waals surface area contributed by atoms with Crippen molar-refractivity contribution >= 4 is 5.82 Å². The molecule has 1 fully saturated rings. The Hall–Kier alpha value is -1.20. The molecule has 0 saturated carbocycles. The van der Waals surface area contributed by atoms with Crippen molar-refractivity contribution in [2.45, 2.75) is 13.0 Å². The van der Waals surface area contributed by atoms with Gasteiger partial charge in [0.05, 0.1) is 12.7 Å². The topological polar surface area (TPSA) is 50.3 Å². The van der Waals surface area contributed by atoms with Crippen LogP contribution in [-0.2, 0) is 4.74 Å². The van der Waals surface area contributed by atoms with Crippen molar-refractivity contribution in [1.82, 2.24) is 14.9 Å². The van der Waals surface area contributed by atoms with Gasteiger partial charge in [-0.1, -0.05) is 6.92 Å². The summed E-state index contributed by atoms with van der Waals surface area (Å²) in [5.74, 6) is 0.854. The number of nitrogens with zero attached hydrogens (tertiary/aromatic N) is 3. The largest absolute Gasteiger partial charge is 0.374 e. The number of hydrogen-bond donors (Lipinski definition) is 1. The molecule has 1 saturated heterocycles. The molecular formula is C11H18N4O. The summed E-state index contributed by atoms with van der Waals surface area (Å²) in [6, 6.07) is 1.86. The van der Waals surface area contributed by atoms with Crippen LogP contribution in [0.4, 0.5) is 5.82 Å². The average Bonchev–Trinajstić information content (AvgIpc) is 2.38. The van der Waals surface area contributed by atoms with Crippen LogP contribution in [0.1, 0.15) is 6.92 Å². The molecule has 1 atom stereocenters. The first kappa shape index (κ1) is 11.3. The third-order valence-corrected chi connectivity index (χ3v) is 2.76. The molecule has 1 unspecified atom stereocenters. The minimum Gasteiger partial charge on any atom is -0.374 e. The van der Waals surface area contributed by atoms with Gasteiger partial charge in [-0.25, -0.2) is 9.97 Å². The molecule has 1 aliphatic heterocycles. The van der Waals surface area contributed by atoms with Crippen LogP contribution in [-0.4, -0.2) is 53.8 Å². The maximum absolute atomic E-state index is 5.68. The van der Waals surface area contributed by atoms with Gasteiger partial charge in [-0.2, -0.15) is 0 Å². The van der Waals surface area contributed by atoms with Crippen LogP contribution in [0.3, 0.4) is 0 Å². The fourth-order valence-electron chi connectivity index (χ4n) is 1.80. The highest BCUT2D eigenvalue weighted by Gasteiger charge is 2.18. The van der Waals surface area contributed by atoms with Crippen molar-refractivity contribution in [3.05, 3.63) is 18.6 Å². The Labute approximate surface area is 95.8 Å². The summed E-state index contributed by atoms with van der Waals surface area (Å²) in [5.41, 5.74) is 0. The number of likely N-dealkylation sites (N-methyl/N-ethyl adjacent to an activating group) is 1. The SMILES string of the molecule is CCN1CCOC(CNc2ccncn2)C1. The van der Waals surface area contributed by atoms with Crippen LogP contribution in [0.15, 0.2) is 18.6 Å². The molecule has 0 aromatic carbocycles. The summed E-state index contributed by atoms with van der Waals surface area (Å²) in [6.07, 6.45) is 3.53. The van der Waals surface area contributed by atoms with Crippen molar-refractivity contribution < 1.29 is 4.74 Å². The zero-order chi connectivity index (χ0) is 11.2. The molecule has 0 radical (unpaired) electrons. The van der Waals surface area contributed by atoms with Gasteiger partial charge in [0.1, 0.15) is 12.1 Å². The lowest BCUT2D eigenvalue weighted by Crippen LogP contribution is -2.45. The molecule has 5 heteroatoms. The summed E-state index contributed by atoms with van der Waals surface area (Å²) < 4.78 is 5.68. The van der Waals surface area contributed by atoms with E-state index >= 15 is 0 Å². The Bertz CT molecular complexity index is 306. The number of rotatable bonds is 4. The van der Waals surface area contributed by atoms with E-state index in [0.29, 0.717) is 0 Å². The summed E-state index contributed by atoms with van der Waals surface area (Å²) in [6.45, 7) is 6.93. The van der Waals surface area contributed by atoms with E-state index in [-0.39, 0.29) is 6.10 Å². The second-order valence-electron chi connectivity index (χ2n) is 3.86. The summed E-state index contributed by atoms with van der Waals surface area (Å²) in [4.78, 5) is 10.4. The van der Waals surface area contributed by atoms with Gasteiger partial charge in [0.2, 0.25) is 0 Å². The third kappa shape index (κ3) is 3.15. The molecule has 88 valence electrons. The Morgan fingerprint density at radius 1 is 1.62 bits per heavy atom. The number of aromatic nitrogens is 2. The summed E-state index contributed by atoms with van der Waals surface area (Å²) in [7, 11) is 0. The van der Waals surface area contributed by atoms with Crippen LogP contribution in [0.25, 0.3) is 0 Å². The maximum atomic E-state index is 5.68. The normalized spacial score (nSPS) is 21.9. The molecule has 1 N–H and O–H groups in total. The number of morpholine rings is 1. The first-order chi connectivity index (χ1) is 7.88. The first-order valence-corrected chi connectivity index (χ1v) is 5.72. The van der Waals surface area contributed by atoms with Gasteiger partial charge in [0.15, 0.2) is 0 Å². The first-order valence-electron chi connectivity index (χ1n) is 5.72. The number of hydrogen-bond acceptors (Lipinski definition) is 5. The molecule has 0 bridgehead atoms. The molecule has 1 aromatic heterocycles. The van der Waals surface area contributed by atoms with Crippen molar-refractivity contribution in [3.63, 3.8) is 0 Å². The van der Waals surface area contributed by atoms with E-state index in [9.17, 15) is 0 Å². The van der Waals surface area contributed by atoms with E-state index in [4.69, 9.17) is 4.74 Å². The fraction of sp³-hybridized carbons (Fsp3) is 0.636. The second kappa shape index (κ2) is 5.77. The standard InChI is InChI=1S/C11H18N4O/c1-2-15-5-6-16-10(8-15)7-13-11-3-4-12-9-14-11/h3-4,9-10H,2,5-8H2,1H3,(H,12,13,14). The fourth-order valence-corrected chi connectivity index (χ4v) is 1.80. The van der Waals surface area contributed by atoms with E-state index in [1.807, 2.05) is 6.07 Å². The van der Waals surface area contributed by atoms with Gasteiger partial charge in [-0.05, 0) is 12.6 Å². The van der Waals surface area contributed by atoms with Gasteiger partial charge in [0.25, 0.3) is 0 Å². The number of anilines is 1. The monoisotopic (exact) mass is 222 g/mol. The van der Waals surface area contributed by atoms with E-state index in [1.165, 1.54) is 0 Å². The predicted molar refractivity (Wildman–Crippen MR) is 62.4 cm³/mol. The molecule has 0 spiro atoms. The molecule has 2 heterocycles. The van der Waals surface area contributed by atoms with Crippen molar-refractivity contribution in [2.24, 2.45) is 0 Å². The lowest BCUT2D eigenvalue weighted by atomic mass is 10.2. The average molecular weight is 222 g/mol. The Kier molecular flexibility index (Phi) is 4.07.